The van der Waals surface area contributed by atoms with Crippen molar-refractivity contribution in [2.75, 3.05) is 0 Å². The molecule has 0 bridgehead atoms. The van der Waals surface area contributed by atoms with Gasteiger partial charge in [0.05, 0.1) is 11.2 Å². The van der Waals surface area contributed by atoms with Crippen LogP contribution in [0.3, 0.4) is 0 Å². The van der Waals surface area contributed by atoms with Crippen molar-refractivity contribution >= 4 is 23.2 Å². The second-order valence-electron chi connectivity index (χ2n) is 4.21. The summed E-state index contributed by atoms with van der Waals surface area (Å²) in [5.41, 5.74) is -0.297. The molecule has 0 amide bonds. The lowest BCUT2D eigenvalue weighted by molar-refractivity contribution is 0.363. The highest BCUT2D eigenvalue weighted by Crippen LogP contribution is 2.17. The van der Waals surface area contributed by atoms with Gasteiger partial charge in [0, 0.05) is 6.54 Å². The Labute approximate surface area is 112 Å². The van der Waals surface area contributed by atoms with Crippen LogP contribution in [-0.2, 0) is 6.54 Å². The van der Waals surface area contributed by atoms with Gasteiger partial charge in [-0.1, -0.05) is 56.3 Å². The van der Waals surface area contributed by atoms with Gasteiger partial charge in [-0.05, 0) is 12.3 Å². The van der Waals surface area contributed by atoms with Crippen molar-refractivity contribution in [1.29, 1.82) is 0 Å². The van der Waals surface area contributed by atoms with E-state index in [-0.39, 0.29) is 15.6 Å². The summed E-state index contributed by atoms with van der Waals surface area (Å²) in [7, 11) is 0. The van der Waals surface area contributed by atoms with Crippen molar-refractivity contribution in [2.45, 2.75) is 46.1 Å². The van der Waals surface area contributed by atoms with Crippen molar-refractivity contribution < 1.29 is 0 Å². The monoisotopic (exact) mass is 276 g/mol. The molecule has 1 atom stereocenters. The van der Waals surface area contributed by atoms with Crippen LogP contribution in [0.1, 0.15) is 39.5 Å². The molecule has 1 rings (SSSR count). The summed E-state index contributed by atoms with van der Waals surface area (Å²) in [5.74, 6) is 0.470. The lowest BCUT2D eigenvalue weighted by Gasteiger charge is -2.15. The SMILES string of the molecule is CCCCC(CC)Cn1ncc(Cl)c(Cl)c1=O. The van der Waals surface area contributed by atoms with Crippen molar-refractivity contribution in [3.05, 3.63) is 26.6 Å². The van der Waals surface area contributed by atoms with Crippen molar-refractivity contribution in [3.63, 3.8) is 0 Å². The van der Waals surface area contributed by atoms with Crippen LogP contribution >= 0.6 is 23.2 Å². The number of hydrogen-bond donors (Lipinski definition) is 0. The average molecular weight is 277 g/mol. The van der Waals surface area contributed by atoms with E-state index in [1.54, 1.807) is 0 Å². The Morgan fingerprint density at radius 1 is 1.41 bits per heavy atom. The van der Waals surface area contributed by atoms with Crippen LogP contribution in [0.15, 0.2) is 11.0 Å². The first-order valence-corrected chi connectivity index (χ1v) is 6.76. The fourth-order valence-electron chi connectivity index (χ4n) is 1.74. The summed E-state index contributed by atoms with van der Waals surface area (Å²) < 4.78 is 1.41. The molecule has 17 heavy (non-hydrogen) atoms. The minimum Gasteiger partial charge on any atom is -0.266 e. The molecule has 0 aliphatic heterocycles. The second-order valence-corrected chi connectivity index (χ2v) is 5.00. The van der Waals surface area contributed by atoms with Gasteiger partial charge in [-0.25, -0.2) is 4.68 Å². The Hall–Kier alpha value is -0.540. The zero-order valence-corrected chi connectivity index (χ0v) is 11.8. The highest BCUT2D eigenvalue weighted by Gasteiger charge is 2.12. The first kappa shape index (κ1) is 14.5. The molecule has 0 radical (unpaired) electrons. The third-order valence-corrected chi connectivity index (χ3v) is 3.67. The van der Waals surface area contributed by atoms with Gasteiger partial charge in [0.25, 0.3) is 5.56 Å². The highest BCUT2D eigenvalue weighted by molar-refractivity contribution is 6.41. The average Bonchev–Trinajstić information content (AvgIpc) is 2.34. The minimum atomic E-state index is -0.297. The number of hydrogen-bond acceptors (Lipinski definition) is 2. The van der Waals surface area contributed by atoms with E-state index in [1.165, 1.54) is 23.7 Å². The molecule has 5 heteroatoms. The lowest BCUT2D eigenvalue weighted by Crippen LogP contribution is -2.26. The van der Waals surface area contributed by atoms with Gasteiger partial charge < -0.3 is 0 Å². The molecule has 0 spiro atoms. The fourth-order valence-corrected chi connectivity index (χ4v) is 2.01. The highest BCUT2D eigenvalue weighted by atomic mass is 35.5. The number of rotatable bonds is 6. The summed E-state index contributed by atoms with van der Waals surface area (Å²) in [5, 5.41) is 4.30. The molecule has 0 aliphatic carbocycles. The summed E-state index contributed by atoms with van der Waals surface area (Å²) in [6, 6.07) is 0. The molecule has 96 valence electrons. The topological polar surface area (TPSA) is 34.9 Å². The molecule has 0 saturated carbocycles. The van der Waals surface area contributed by atoms with Gasteiger partial charge in [0.2, 0.25) is 0 Å². The molecular formula is C12H18Cl2N2O. The zero-order chi connectivity index (χ0) is 12.8. The van der Waals surface area contributed by atoms with E-state index in [0.29, 0.717) is 12.5 Å². The standard InChI is InChI=1S/C12H18Cl2N2O/c1-3-5-6-9(4-2)8-16-12(17)11(14)10(13)7-15-16/h7,9H,3-6,8H2,1-2H3. The van der Waals surface area contributed by atoms with Gasteiger partial charge in [-0.15, -0.1) is 0 Å². The molecule has 1 unspecified atom stereocenters. The van der Waals surface area contributed by atoms with E-state index in [0.717, 1.165) is 12.8 Å². The Morgan fingerprint density at radius 3 is 2.71 bits per heavy atom. The predicted octanol–water partition coefficient (Wildman–Crippen LogP) is 3.77. The van der Waals surface area contributed by atoms with Crippen LogP contribution < -0.4 is 5.56 Å². The Morgan fingerprint density at radius 2 is 2.12 bits per heavy atom. The first-order valence-electron chi connectivity index (χ1n) is 6.01. The molecule has 3 nitrogen and oxygen atoms in total. The maximum absolute atomic E-state index is 11.8. The van der Waals surface area contributed by atoms with Gasteiger partial charge in [-0.2, -0.15) is 5.10 Å². The van der Waals surface area contributed by atoms with Crippen molar-refractivity contribution in [1.82, 2.24) is 9.78 Å². The summed E-state index contributed by atoms with van der Waals surface area (Å²) in [6.45, 7) is 4.91. The molecule has 0 saturated heterocycles. The van der Waals surface area contributed by atoms with E-state index in [1.807, 2.05) is 0 Å². The molecule has 0 aliphatic rings. The van der Waals surface area contributed by atoms with Crippen LogP contribution in [0.4, 0.5) is 0 Å². The smallest absolute Gasteiger partial charge is 0.266 e. The largest absolute Gasteiger partial charge is 0.287 e. The fraction of sp³-hybridized carbons (Fsp3) is 0.667. The van der Waals surface area contributed by atoms with Gasteiger partial charge in [0.1, 0.15) is 5.02 Å². The third-order valence-electron chi connectivity index (χ3n) is 2.92. The summed E-state index contributed by atoms with van der Waals surface area (Å²) in [6.07, 6.45) is 5.92. The maximum atomic E-state index is 11.8. The van der Waals surface area contributed by atoms with Crippen LogP contribution in [0.2, 0.25) is 10.0 Å². The Balaban J connectivity index is 2.80. The normalized spacial score (nSPS) is 12.7. The number of aromatic nitrogens is 2. The molecule has 1 aromatic rings. The van der Waals surface area contributed by atoms with Crippen LogP contribution in [-0.4, -0.2) is 9.78 Å². The number of unbranched alkanes of at least 4 members (excludes halogenated alkanes) is 1. The van der Waals surface area contributed by atoms with Crippen molar-refractivity contribution in [2.24, 2.45) is 5.92 Å². The van der Waals surface area contributed by atoms with E-state index in [9.17, 15) is 4.79 Å². The lowest BCUT2D eigenvalue weighted by atomic mass is 9.99. The third kappa shape index (κ3) is 4.00. The van der Waals surface area contributed by atoms with E-state index < -0.39 is 0 Å². The zero-order valence-electron chi connectivity index (χ0n) is 10.2. The van der Waals surface area contributed by atoms with Gasteiger partial charge in [-0.3, -0.25) is 4.79 Å². The maximum Gasteiger partial charge on any atom is 0.287 e. The van der Waals surface area contributed by atoms with Crippen LogP contribution in [0, 0.1) is 5.92 Å². The second kappa shape index (κ2) is 7.02. The molecule has 0 aromatic carbocycles. The minimum absolute atomic E-state index is 0.0620. The van der Waals surface area contributed by atoms with Crippen LogP contribution in [0.5, 0.6) is 0 Å². The van der Waals surface area contributed by atoms with Gasteiger partial charge >= 0.3 is 0 Å². The molecule has 0 N–H and O–H groups in total. The molecule has 1 heterocycles. The molecule has 0 fully saturated rings. The Kier molecular flexibility index (Phi) is 6.00. The van der Waals surface area contributed by atoms with Crippen LogP contribution in [0.25, 0.3) is 0 Å². The van der Waals surface area contributed by atoms with E-state index >= 15 is 0 Å². The number of halogens is 2. The number of nitrogens with zero attached hydrogens (tertiary/aromatic N) is 2. The van der Waals surface area contributed by atoms with E-state index in [2.05, 4.69) is 18.9 Å². The quantitative estimate of drug-likeness (QED) is 0.793. The summed E-state index contributed by atoms with van der Waals surface area (Å²) in [4.78, 5) is 11.8. The van der Waals surface area contributed by atoms with E-state index in [4.69, 9.17) is 23.2 Å². The molecule has 1 aromatic heterocycles. The predicted molar refractivity (Wildman–Crippen MR) is 71.8 cm³/mol. The van der Waals surface area contributed by atoms with Crippen molar-refractivity contribution in [3.8, 4) is 0 Å². The summed E-state index contributed by atoms with van der Waals surface area (Å²) >= 11 is 11.5. The molecular weight excluding hydrogens is 259 g/mol. The van der Waals surface area contributed by atoms with Gasteiger partial charge in [0.15, 0.2) is 0 Å². The first-order chi connectivity index (χ1) is 8.10. The Bertz CT molecular complexity index is 417.